The average Bonchev–Trinajstić information content (AvgIpc) is 3.02. The maximum Gasteiger partial charge on any atom is 0.343 e. The van der Waals surface area contributed by atoms with E-state index in [9.17, 15) is 14.0 Å². The van der Waals surface area contributed by atoms with E-state index in [0.717, 1.165) is 0 Å². The molecule has 0 bridgehead atoms. The Balaban J connectivity index is 2.29. The highest BCUT2D eigenvalue weighted by molar-refractivity contribution is 6.16. The monoisotopic (exact) mass is 364 g/mol. The lowest BCUT2D eigenvalue weighted by atomic mass is 10.2. The fraction of sp³-hybridized carbons (Fsp3) is 0.267. The fourth-order valence-corrected chi connectivity index (χ4v) is 2.20. The number of amides is 1. The van der Waals surface area contributed by atoms with Crippen LogP contribution in [-0.2, 0) is 9.59 Å². The number of anilines is 2. The van der Waals surface area contributed by atoms with E-state index >= 15 is 0 Å². The average molecular weight is 364 g/mol. The van der Waals surface area contributed by atoms with E-state index in [2.05, 4.69) is 15.4 Å². The molecule has 0 fully saturated rings. The number of aliphatic carboxylic acids is 1. The van der Waals surface area contributed by atoms with Crippen molar-refractivity contribution in [3.8, 4) is 0 Å². The Morgan fingerprint density at radius 1 is 1.54 bits per heavy atom. The van der Waals surface area contributed by atoms with Gasteiger partial charge in [-0.25, -0.2) is 13.7 Å². The minimum Gasteiger partial charge on any atom is -0.477 e. The van der Waals surface area contributed by atoms with Gasteiger partial charge in [-0.15, -0.1) is 5.10 Å². The highest BCUT2D eigenvalue weighted by Gasteiger charge is 2.22. The van der Waals surface area contributed by atoms with Crippen LogP contribution in [0, 0.1) is 5.41 Å². The summed E-state index contributed by atoms with van der Waals surface area (Å²) in [6, 6.07) is 3.12. The third kappa shape index (κ3) is 4.00. The van der Waals surface area contributed by atoms with E-state index in [1.54, 1.807) is 30.3 Å². The lowest BCUT2D eigenvalue weighted by Crippen LogP contribution is -2.80. The number of carboxylic acid groups (broad SMARTS) is 1. The molecule has 5 N–H and O–H groups in total. The molecule has 138 valence electrons. The third-order valence-corrected chi connectivity index (χ3v) is 3.54. The molecule has 26 heavy (non-hydrogen) atoms. The Morgan fingerprint density at radius 3 is 2.85 bits per heavy atom. The minimum atomic E-state index is -1.36. The Kier molecular flexibility index (Phi) is 5.96. The van der Waals surface area contributed by atoms with Gasteiger partial charge in [0.2, 0.25) is 11.6 Å². The number of nitrogens with two attached hydrogens (primary N) is 1. The summed E-state index contributed by atoms with van der Waals surface area (Å²) in [4.78, 5) is 29.3. The van der Waals surface area contributed by atoms with Gasteiger partial charge in [-0.2, -0.15) is 4.98 Å². The summed E-state index contributed by atoms with van der Waals surface area (Å²) in [5.74, 6) is -1.69. The van der Waals surface area contributed by atoms with E-state index < -0.39 is 24.1 Å². The van der Waals surface area contributed by atoms with Crippen molar-refractivity contribution in [1.29, 1.82) is 5.41 Å². The molecular formula is C15H19FN7O3+. The summed E-state index contributed by atoms with van der Waals surface area (Å²) >= 11 is 0. The summed E-state index contributed by atoms with van der Waals surface area (Å²) < 4.78 is 13.9. The van der Waals surface area contributed by atoms with Crippen LogP contribution in [0.25, 0.3) is 5.65 Å². The maximum absolute atomic E-state index is 12.4. The van der Waals surface area contributed by atoms with Crippen molar-refractivity contribution >= 4 is 35.4 Å². The first-order valence-electron chi connectivity index (χ1n) is 7.63. The van der Waals surface area contributed by atoms with E-state index in [1.165, 1.54) is 16.9 Å². The topological polar surface area (TPSA) is 140 Å². The molecule has 2 heterocycles. The number of likely N-dealkylation sites (N-methyl/N-ethyl adjacent to an activating group) is 1. The number of carboxylic acids is 1. The predicted molar refractivity (Wildman–Crippen MR) is 92.2 cm³/mol. The molecule has 11 heteroatoms. The van der Waals surface area contributed by atoms with Gasteiger partial charge in [0, 0.05) is 37.8 Å². The predicted octanol–water partition coefficient (Wildman–Crippen LogP) is -0.745. The number of hydrogen-bond donors (Lipinski definition) is 4. The highest BCUT2D eigenvalue weighted by Crippen LogP contribution is 2.14. The van der Waals surface area contributed by atoms with Gasteiger partial charge in [-0.3, -0.25) is 4.79 Å². The number of halogens is 1. The number of aromatic nitrogens is 3. The molecule has 0 atom stereocenters. The molecule has 2 rings (SSSR count). The number of hydrogen-bond acceptors (Lipinski definition) is 6. The van der Waals surface area contributed by atoms with Gasteiger partial charge in [0.1, 0.15) is 12.2 Å². The molecule has 0 saturated heterocycles. The molecule has 0 aliphatic rings. The van der Waals surface area contributed by atoms with Crippen molar-refractivity contribution in [2.75, 3.05) is 37.5 Å². The van der Waals surface area contributed by atoms with Gasteiger partial charge >= 0.3 is 11.9 Å². The zero-order valence-electron chi connectivity index (χ0n) is 14.2. The van der Waals surface area contributed by atoms with Gasteiger partial charge in [0.05, 0.1) is 7.05 Å². The molecule has 0 aliphatic heterocycles. The van der Waals surface area contributed by atoms with Gasteiger partial charge < -0.3 is 26.0 Å². The first-order valence-corrected chi connectivity index (χ1v) is 7.63. The molecule has 0 unspecified atom stereocenters. The van der Waals surface area contributed by atoms with Crippen LogP contribution >= 0.6 is 0 Å². The largest absolute Gasteiger partial charge is 0.477 e. The van der Waals surface area contributed by atoms with E-state index in [0.29, 0.717) is 23.5 Å². The van der Waals surface area contributed by atoms with Crippen LogP contribution in [0.5, 0.6) is 0 Å². The second kappa shape index (κ2) is 8.16. The molecule has 1 amide bonds. The lowest BCUT2D eigenvalue weighted by molar-refractivity contribution is -0.570. The number of pyridine rings is 1. The van der Waals surface area contributed by atoms with Gasteiger partial charge in [0.15, 0.2) is 5.65 Å². The quantitative estimate of drug-likeness (QED) is 0.359. The molecule has 10 nitrogen and oxygen atoms in total. The molecule has 2 aromatic heterocycles. The smallest absolute Gasteiger partial charge is 0.343 e. The summed E-state index contributed by atoms with van der Waals surface area (Å²) in [6.07, 6.45) is 2.18. The molecule has 0 saturated carbocycles. The number of carbonyl (C=O) groups is 2. The SMILES string of the molecule is C[NH2+]/C(C(=O)Nc1ccn2nc(N(C)CCF)nc2c1)=C(\C=N)C(=O)O. The summed E-state index contributed by atoms with van der Waals surface area (Å²) in [5.41, 5.74) is 0.268. The van der Waals surface area contributed by atoms with Crippen molar-refractivity contribution < 1.29 is 24.4 Å². The van der Waals surface area contributed by atoms with Crippen LogP contribution in [0.1, 0.15) is 0 Å². The number of nitrogens with zero attached hydrogens (tertiary/aromatic N) is 4. The van der Waals surface area contributed by atoms with E-state index in [-0.39, 0.29) is 12.2 Å². The first-order chi connectivity index (χ1) is 12.4. The lowest BCUT2D eigenvalue weighted by Gasteiger charge is -2.10. The number of nitrogens with one attached hydrogen (secondary N) is 2. The number of alkyl halides is 1. The molecule has 2 aromatic rings. The second-order valence-corrected chi connectivity index (χ2v) is 5.26. The standard InChI is InChI=1S/C15H18FN7O3/c1-18-12(10(8-17)14(25)26)13(24)19-9-3-5-23-11(7-9)20-15(21-23)22(2)6-4-16/h3,5,7-8,17-18H,4,6H2,1-2H3,(H,19,24)(H,25,26)/p+1/b12-10+,17-8?. The van der Waals surface area contributed by atoms with Crippen LogP contribution in [0.4, 0.5) is 16.0 Å². The Morgan fingerprint density at radius 2 is 2.27 bits per heavy atom. The van der Waals surface area contributed by atoms with E-state index in [4.69, 9.17) is 10.5 Å². The second-order valence-electron chi connectivity index (χ2n) is 5.26. The number of rotatable bonds is 8. The maximum atomic E-state index is 12.4. The van der Waals surface area contributed by atoms with Gasteiger partial charge in [-0.1, -0.05) is 0 Å². The molecule has 0 aliphatic carbocycles. The zero-order chi connectivity index (χ0) is 19.3. The third-order valence-electron chi connectivity index (χ3n) is 3.54. The zero-order valence-corrected chi connectivity index (χ0v) is 14.2. The van der Waals surface area contributed by atoms with Crippen LogP contribution in [0.3, 0.4) is 0 Å². The first kappa shape index (κ1) is 19.0. The highest BCUT2D eigenvalue weighted by atomic mass is 19.1. The number of fused-ring (bicyclic) bond motifs is 1. The molecule has 0 aromatic carbocycles. The normalized spacial score (nSPS) is 11.8. The summed E-state index contributed by atoms with van der Waals surface area (Å²) in [6.45, 7) is -0.378. The Labute approximate surface area is 147 Å². The van der Waals surface area contributed by atoms with Gasteiger partial charge in [0.25, 0.3) is 0 Å². The summed E-state index contributed by atoms with van der Waals surface area (Å²) in [7, 11) is 3.17. The Bertz CT molecular complexity index is 877. The van der Waals surface area contributed by atoms with Crippen LogP contribution < -0.4 is 15.5 Å². The molecule has 0 spiro atoms. The molecular weight excluding hydrogens is 345 g/mol. The van der Waals surface area contributed by atoms with Crippen molar-refractivity contribution in [2.45, 2.75) is 0 Å². The number of quaternary nitrogens is 1. The minimum absolute atomic E-state index is 0.128. The van der Waals surface area contributed by atoms with Crippen molar-refractivity contribution in [3.63, 3.8) is 0 Å². The van der Waals surface area contributed by atoms with E-state index in [1.807, 2.05) is 0 Å². The number of carbonyl (C=O) groups excluding carboxylic acids is 1. The Hall–Kier alpha value is -3.34. The molecule has 0 radical (unpaired) electrons. The van der Waals surface area contributed by atoms with Crippen LogP contribution in [-0.4, -0.2) is 65.1 Å². The van der Waals surface area contributed by atoms with Crippen LogP contribution in [0.15, 0.2) is 29.6 Å². The van der Waals surface area contributed by atoms with Gasteiger partial charge in [-0.05, 0) is 6.07 Å². The fourth-order valence-electron chi connectivity index (χ4n) is 2.20. The van der Waals surface area contributed by atoms with Crippen molar-refractivity contribution in [1.82, 2.24) is 14.6 Å². The van der Waals surface area contributed by atoms with Crippen molar-refractivity contribution in [3.05, 3.63) is 29.6 Å². The summed E-state index contributed by atoms with van der Waals surface area (Å²) in [5, 5.41) is 24.3. The van der Waals surface area contributed by atoms with Crippen molar-refractivity contribution in [2.24, 2.45) is 0 Å². The van der Waals surface area contributed by atoms with Crippen LogP contribution in [0.2, 0.25) is 0 Å².